The molecule has 1 atom stereocenters. The number of carbonyl (C=O) groups is 2. The number of aliphatic carboxylic acids is 1. The summed E-state index contributed by atoms with van der Waals surface area (Å²) in [7, 11) is 0. The molecule has 0 aliphatic carbocycles. The number of carboxylic acid groups (broad SMARTS) is 1. The van der Waals surface area contributed by atoms with Crippen molar-refractivity contribution in [3.63, 3.8) is 0 Å². The fourth-order valence-electron chi connectivity index (χ4n) is 1.80. The van der Waals surface area contributed by atoms with Gasteiger partial charge < -0.3 is 10.4 Å². The molecule has 0 radical (unpaired) electrons. The second-order valence-corrected chi connectivity index (χ2v) is 4.74. The van der Waals surface area contributed by atoms with Gasteiger partial charge in [-0.15, -0.1) is 0 Å². The number of amides is 1. The molecule has 20 heavy (non-hydrogen) atoms. The Morgan fingerprint density at radius 3 is 2.40 bits per heavy atom. The van der Waals surface area contributed by atoms with Crippen LogP contribution in [0.5, 0.6) is 0 Å². The Labute approximate surface area is 115 Å². The topological polar surface area (TPSA) is 110 Å². The Morgan fingerprint density at radius 1 is 1.35 bits per heavy atom. The van der Waals surface area contributed by atoms with Gasteiger partial charge in [0.1, 0.15) is 6.04 Å². The van der Waals surface area contributed by atoms with Crippen LogP contribution in [0.1, 0.15) is 29.8 Å². The highest BCUT2D eigenvalue weighted by molar-refractivity contribution is 5.98. The monoisotopic (exact) mass is 280 g/mol. The summed E-state index contributed by atoms with van der Waals surface area (Å²) in [5, 5.41) is 22.2. The van der Waals surface area contributed by atoms with Crippen molar-refractivity contribution in [1.29, 1.82) is 0 Å². The summed E-state index contributed by atoms with van der Waals surface area (Å²) in [6.07, 6.45) is 0. The average molecular weight is 280 g/mol. The lowest BCUT2D eigenvalue weighted by atomic mass is 10.0. The van der Waals surface area contributed by atoms with Gasteiger partial charge in [0.2, 0.25) is 0 Å². The molecule has 1 amide bonds. The van der Waals surface area contributed by atoms with Gasteiger partial charge in [-0.05, 0) is 18.9 Å². The van der Waals surface area contributed by atoms with Crippen LogP contribution in [0.3, 0.4) is 0 Å². The number of hydrogen-bond donors (Lipinski definition) is 2. The van der Waals surface area contributed by atoms with E-state index < -0.39 is 22.8 Å². The molecule has 2 N–H and O–H groups in total. The molecule has 0 fully saturated rings. The van der Waals surface area contributed by atoms with Gasteiger partial charge in [-0.2, -0.15) is 0 Å². The van der Waals surface area contributed by atoms with Crippen molar-refractivity contribution in [3.8, 4) is 0 Å². The number of hydrogen-bond acceptors (Lipinski definition) is 4. The zero-order chi connectivity index (χ0) is 15.4. The van der Waals surface area contributed by atoms with Crippen LogP contribution in [0.2, 0.25) is 0 Å². The zero-order valence-corrected chi connectivity index (χ0v) is 11.4. The third kappa shape index (κ3) is 3.31. The van der Waals surface area contributed by atoms with Crippen molar-refractivity contribution in [1.82, 2.24) is 5.32 Å². The number of nitro groups is 1. The van der Waals surface area contributed by atoms with Crippen molar-refractivity contribution < 1.29 is 19.6 Å². The number of benzene rings is 1. The number of carbonyl (C=O) groups excluding carboxylic acids is 1. The molecule has 1 aromatic rings. The summed E-state index contributed by atoms with van der Waals surface area (Å²) >= 11 is 0. The third-order valence-electron chi connectivity index (χ3n) is 2.97. The van der Waals surface area contributed by atoms with Gasteiger partial charge in [0.15, 0.2) is 0 Å². The number of nitro benzene ring substituents is 1. The summed E-state index contributed by atoms with van der Waals surface area (Å²) < 4.78 is 0. The SMILES string of the molecule is Cc1c(C(=O)N[C@@H](C(=O)O)C(C)C)cccc1[N+](=O)[O-]. The molecule has 0 aliphatic rings. The minimum absolute atomic E-state index is 0.103. The highest BCUT2D eigenvalue weighted by Gasteiger charge is 2.26. The minimum Gasteiger partial charge on any atom is -0.480 e. The first-order chi connectivity index (χ1) is 9.25. The Morgan fingerprint density at radius 2 is 1.95 bits per heavy atom. The summed E-state index contributed by atoms with van der Waals surface area (Å²) in [6, 6.07) is 3.08. The Balaban J connectivity index is 3.07. The Bertz CT molecular complexity index is 554. The van der Waals surface area contributed by atoms with E-state index in [-0.39, 0.29) is 22.7 Å². The molecule has 0 saturated heterocycles. The van der Waals surface area contributed by atoms with Gasteiger partial charge in [0, 0.05) is 17.2 Å². The van der Waals surface area contributed by atoms with Gasteiger partial charge in [-0.25, -0.2) is 4.79 Å². The molecule has 0 aromatic heterocycles. The van der Waals surface area contributed by atoms with E-state index in [4.69, 9.17) is 5.11 Å². The fourth-order valence-corrected chi connectivity index (χ4v) is 1.80. The minimum atomic E-state index is -1.14. The van der Waals surface area contributed by atoms with Crippen LogP contribution in [0.15, 0.2) is 18.2 Å². The lowest BCUT2D eigenvalue weighted by Crippen LogP contribution is -2.44. The largest absolute Gasteiger partial charge is 0.480 e. The molecular formula is C13H16N2O5. The van der Waals surface area contributed by atoms with Crippen molar-refractivity contribution >= 4 is 17.6 Å². The first kappa shape index (κ1) is 15.6. The fraction of sp³-hybridized carbons (Fsp3) is 0.385. The van der Waals surface area contributed by atoms with E-state index in [9.17, 15) is 19.7 Å². The second kappa shape index (κ2) is 6.14. The first-order valence-corrected chi connectivity index (χ1v) is 6.03. The highest BCUT2D eigenvalue weighted by atomic mass is 16.6. The molecule has 7 nitrogen and oxygen atoms in total. The summed E-state index contributed by atoms with van der Waals surface area (Å²) in [4.78, 5) is 33.3. The normalized spacial score (nSPS) is 12.0. The van der Waals surface area contributed by atoms with E-state index >= 15 is 0 Å². The molecule has 1 aromatic carbocycles. The smallest absolute Gasteiger partial charge is 0.326 e. The van der Waals surface area contributed by atoms with Gasteiger partial charge in [-0.3, -0.25) is 14.9 Å². The van der Waals surface area contributed by atoms with E-state index in [0.29, 0.717) is 0 Å². The van der Waals surface area contributed by atoms with E-state index in [1.807, 2.05) is 0 Å². The third-order valence-corrected chi connectivity index (χ3v) is 2.97. The van der Waals surface area contributed by atoms with Crippen LogP contribution >= 0.6 is 0 Å². The van der Waals surface area contributed by atoms with Crippen LogP contribution in [-0.2, 0) is 4.79 Å². The average Bonchev–Trinajstić information content (AvgIpc) is 2.34. The molecular weight excluding hydrogens is 264 g/mol. The molecule has 0 aliphatic heterocycles. The van der Waals surface area contributed by atoms with Gasteiger partial charge in [0.05, 0.1) is 4.92 Å². The van der Waals surface area contributed by atoms with Crippen LogP contribution < -0.4 is 5.32 Å². The lowest BCUT2D eigenvalue weighted by Gasteiger charge is -2.18. The first-order valence-electron chi connectivity index (χ1n) is 6.03. The maximum Gasteiger partial charge on any atom is 0.326 e. The van der Waals surface area contributed by atoms with Crippen molar-refractivity contribution in [2.24, 2.45) is 5.92 Å². The Kier molecular flexibility index (Phi) is 4.79. The van der Waals surface area contributed by atoms with Crippen LogP contribution in [-0.4, -0.2) is 27.9 Å². The van der Waals surface area contributed by atoms with Crippen LogP contribution in [0.25, 0.3) is 0 Å². The van der Waals surface area contributed by atoms with Crippen LogP contribution in [0.4, 0.5) is 5.69 Å². The molecule has 0 heterocycles. The summed E-state index contributed by atoms with van der Waals surface area (Å²) in [6.45, 7) is 4.79. The van der Waals surface area contributed by atoms with Crippen molar-refractivity contribution in [2.75, 3.05) is 0 Å². The molecule has 7 heteroatoms. The van der Waals surface area contributed by atoms with E-state index in [1.54, 1.807) is 13.8 Å². The van der Waals surface area contributed by atoms with Crippen LogP contribution in [0, 0.1) is 23.0 Å². The summed E-state index contributed by atoms with van der Waals surface area (Å²) in [5.74, 6) is -2.07. The zero-order valence-electron chi connectivity index (χ0n) is 11.4. The second-order valence-electron chi connectivity index (χ2n) is 4.74. The Hall–Kier alpha value is -2.44. The standard InChI is InChI=1S/C13H16N2O5/c1-7(2)11(13(17)18)14-12(16)9-5-4-6-10(8(9)3)15(19)20/h4-7,11H,1-3H3,(H,14,16)(H,17,18)/t11-/m1/s1. The quantitative estimate of drug-likeness (QED) is 0.630. The highest BCUT2D eigenvalue weighted by Crippen LogP contribution is 2.21. The summed E-state index contributed by atoms with van der Waals surface area (Å²) in [5.41, 5.74) is 0.142. The van der Waals surface area contributed by atoms with Crippen molar-refractivity contribution in [3.05, 3.63) is 39.4 Å². The maximum atomic E-state index is 12.1. The maximum absolute atomic E-state index is 12.1. The predicted molar refractivity (Wildman–Crippen MR) is 71.6 cm³/mol. The van der Waals surface area contributed by atoms with E-state index in [2.05, 4.69) is 5.32 Å². The van der Waals surface area contributed by atoms with E-state index in [0.717, 1.165) is 0 Å². The molecule has 108 valence electrons. The molecule has 1 rings (SSSR count). The van der Waals surface area contributed by atoms with Gasteiger partial charge in [-0.1, -0.05) is 19.9 Å². The number of rotatable bonds is 5. The molecule has 0 bridgehead atoms. The number of nitrogens with zero attached hydrogens (tertiary/aromatic N) is 1. The lowest BCUT2D eigenvalue weighted by molar-refractivity contribution is -0.385. The number of nitrogens with one attached hydrogen (secondary N) is 1. The molecule has 0 spiro atoms. The van der Waals surface area contributed by atoms with E-state index in [1.165, 1.54) is 25.1 Å². The molecule has 0 unspecified atom stereocenters. The van der Waals surface area contributed by atoms with Gasteiger partial charge >= 0.3 is 5.97 Å². The predicted octanol–water partition coefficient (Wildman–Crippen LogP) is 1.74. The van der Waals surface area contributed by atoms with Gasteiger partial charge in [0.25, 0.3) is 11.6 Å². The van der Waals surface area contributed by atoms with Crippen molar-refractivity contribution in [2.45, 2.75) is 26.8 Å². The number of carboxylic acids is 1. The molecule has 0 saturated carbocycles.